The van der Waals surface area contributed by atoms with Crippen LogP contribution in [0.2, 0.25) is 0 Å². The zero-order valence-corrected chi connectivity index (χ0v) is 10.8. The van der Waals surface area contributed by atoms with Gasteiger partial charge in [0.05, 0.1) is 30.9 Å². The van der Waals surface area contributed by atoms with Crippen molar-refractivity contribution in [2.75, 3.05) is 30.7 Å². The summed E-state index contributed by atoms with van der Waals surface area (Å²) < 4.78 is 13.0. The largest absolute Gasteiger partial charge is 0.396 e. The molecule has 104 valence electrons. The summed E-state index contributed by atoms with van der Waals surface area (Å²) in [6.45, 7) is 0.471. The lowest BCUT2D eigenvalue weighted by Crippen LogP contribution is -2.28. The molecular formula is C13H14FN5O. The standard InChI is InChI=1S/C13H14FN5O/c14-11-2-1-10(9-12(11)17)18-13(20)3-6-19(7-4-15)8-5-16/h1-2,9H,3,6-8,17H2,(H,18,20). The second kappa shape index (κ2) is 7.72. The lowest BCUT2D eigenvalue weighted by molar-refractivity contribution is -0.116. The Kier molecular flexibility index (Phi) is 5.95. The number of nitrogen functional groups attached to an aromatic ring is 1. The van der Waals surface area contributed by atoms with Gasteiger partial charge in [-0.2, -0.15) is 10.5 Å². The van der Waals surface area contributed by atoms with Gasteiger partial charge in [-0.05, 0) is 18.2 Å². The van der Waals surface area contributed by atoms with Crippen LogP contribution < -0.4 is 11.1 Å². The molecule has 3 N–H and O–H groups in total. The number of nitrogens with zero attached hydrogens (tertiary/aromatic N) is 3. The molecule has 6 nitrogen and oxygen atoms in total. The van der Waals surface area contributed by atoms with Crippen LogP contribution in [-0.2, 0) is 4.79 Å². The Morgan fingerprint density at radius 2 is 2.00 bits per heavy atom. The smallest absolute Gasteiger partial charge is 0.225 e. The zero-order chi connectivity index (χ0) is 15.0. The van der Waals surface area contributed by atoms with Crippen molar-refractivity contribution >= 4 is 17.3 Å². The van der Waals surface area contributed by atoms with Gasteiger partial charge in [0.25, 0.3) is 0 Å². The average molecular weight is 275 g/mol. The summed E-state index contributed by atoms with van der Waals surface area (Å²) in [4.78, 5) is 13.2. The van der Waals surface area contributed by atoms with Gasteiger partial charge in [0.2, 0.25) is 5.91 Å². The fraction of sp³-hybridized carbons (Fsp3) is 0.308. The van der Waals surface area contributed by atoms with Crippen LogP contribution in [-0.4, -0.2) is 30.4 Å². The van der Waals surface area contributed by atoms with Crippen molar-refractivity contribution in [1.82, 2.24) is 4.90 Å². The molecule has 1 rings (SSSR count). The van der Waals surface area contributed by atoms with Crippen molar-refractivity contribution in [3.8, 4) is 12.1 Å². The van der Waals surface area contributed by atoms with Crippen LogP contribution in [0.1, 0.15) is 6.42 Å². The monoisotopic (exact) mass is 275 g/mol. The number of carbonyl (C=O) groups excluding carboxylic acids is 1. The molecule has 0 atom stereocenters. The van der Waals surface area contributed by atoms with Crippen molar-refractivity contribution in [3.05, 3.63) is 24.0 Å². The van der Waals surface area contributed by atoms with E-state index >= 15 is 0 Å². The molecule has 0 aliphatic heterocycles. The van der Waals surface area contributed by atoms with E-state index in [4.69, 9.17) is 16.3 Å². The van der Waals surface area contributed by atoms with Crippen molar-refractivity contribution < 1.29 is 9.18 Å². The first-order chi connectivity index (χ1) is 9.56. The van der Waals surface area contributed by atoms with E-state index in [1.165, 1.54) is 18.2 Å². The third-order valence-corrected chi connectivity index (χ3v) is 2.52. The molecule has 0 heterocycles. The quantitative estimate of drug-likeness (QED) is 0.597. The number of hydrogen-bond acceptors (Lipinski definition) is 5. The molecule has 0 fully saturated rings. The van der Waals surface area contributed by atoms with Gasteiger partial charge in [-0.3, -0.25) is 9.69 Å². The number of rotatable bonds is 6. The number of nitriles is 2. The molecule has 0 unspecified atom stereocenters. The normalized spacial score (nSPS) is 9.80. The topological polar surface area (TPSA) is 106 Å². The summed E-state index contributed by atoms with van der Waals surface area (Å²) in [5, 5.41) is 19.7. The molecule has 1 aromatic rings. The highest BCUT2D eigenvalue weighted by molar-refractivity contribution is 5.91. The molecule has 0 aliphatic carbocycles. The highest BCUT2D eigenvalue weighted by atomic mass is 19.1. The van der Waals surface area contributed by atoms with Crippen molar-refractivity contribution in [2.24, 2.45) is 0 Å². The number of benzene rings is 1. The Morgan fingerprint density at radius 3 is 2.55 bits per heavy atom. The highest BCUT2D eigenvalue weighted by Crippen LogP contribution is 2.16. The molecule has 0 bridgehead atoms. The van der Waals surface area contributed by atoms with Gasteiger partial charge in [-0.1, -0.05) is 0 Å². The highest BCUT2D eigenvalue weighted by Gasteiger charge is 2.08. The van der Waals surface area contributed by atoms with Gasteiger partial charge in [-0.15, -0.1) is 0 Å². The molecule has 0 aromatic heterocycles. The van der Waals surface area contributed by atoms with Crippen LogP contribution in [0.5, 0.6) is 0 Å². The third-order valence-electron chi connectivity index (χ3n) is 2.52. The Hall–Kier alpha value is -2.64. The van der Waals surface area contributed by atoms with Crippen molar-refractivity contribution in [3.63, 3.8) is 0 Å². The summed E-state index contributed by atoms with van der Waals surface area (Å²) in [5.74, 6) is -0.839. The first kappa shape index (κ1) is 15.4. The zero-order valence-electron chi connectivity index (χ0n) is 10.8. The molecule has 0 spiro atoms. The molecule has 0 saturated heterocycles. The predicted octanol–water partition coefficient (Wildman–Crippen LogP) is 1.09. The number of nitrogens with two attached hydrogens (primary N) is 1. The van der Waals surface area contributed by atoms with Gasteiger partial charge >= 0.3 is 0 Å². The Bertz CT molecular complexity index is 545. The third kappa shape index (κ3) is 4.92. The summed E-state index contributed by atoms with van der Waals surface area (Å²) in [6, 6.07) is 7.76. The van der Waals surface area contributed by atoms with Gasteiger partial charge in [0.15, 0.2) is 0 Å². The number of amides is 1. The van der Waals surface area contributed by atoms with Crippen molar-refractivity contribution in [2.45, 2.75) is 6.42 Å². The molecule has 0 saturated carbocycles. The van der Waals surface area contributed by atoms with Gasteiger partial charge < -0.3 is 11.1 Å². The molecule has 1 amide bonds. The molecule has 0 radical (unpaired) electrons. The van der Waals surface area contributed by atoms with Crippen LogP contribution >= 0.6 is 0 Å². The Balaban J connectivity index is 2.49. The van der Waals surface area contributed by atoms with E-state index in [0.29, 0.717) is 12.2 Å². The summed E-state index contributed by atoms with van der Waals surface area (Å²) in [6.07, 6.45) is 0.126. The first-order valence-corrected chi connectivity index (χ1v) is 5.88. The molecule has 7 heteroatoms. The maximum atomic E-state index is 13.0. The van der Waals surface area contributed by atoms with Crippen LogP contribution in [0, 0.1) is 28.5 Å². The lowest BCUT2D eigenvalue weighted by atomic mass is 10.2. The van der Waals surface area contributed by atoms with Gasteiger partial charge in [-0.25, -0.2) is 4.39 Å². The second-order valence-corrected chi connectivity index (χ2v) is 4.06. The fourth-order valence-corrected chi connectivity index (χ4v) is 1.52. The van der Waals surface area contributed by atoms with Crippen LogP contribution in [0.25, 0.3) is 0 Å². The summed E-state index contributed by atoms with van der Waals surface area (Å²) >= 11 is 0. The van der Waals surface area contributed by atoms with E-state index in [1.54, 1.807) is 4.90 Å². The van der Waals surface area contributed by atoms with Crippen LogP contribution in [0.3, 0.4) is 0 Å². The minimum absolute atomic E-state index is 0.0432. The van der Waals surface area contributed by atoms with E-state index in [2.05, 4.69) is 5.32 Å². The van der Waals surface area contributed by atoms with Crippen molar-refractivity contribution in [1.29, 1.82) is 10.5 Å². The second-order valence-electron chi connectivity index (χ2n) is 4.06. The fourth-order valence-electron chi connectivity index (χ4n) is 1.52. The number of hydrogen-bond donors (Lipinski definition) is 2. The summed E-state index contributed by atoms with van der Waals surface area (Å²) in [5.41, 5.74) is 5.75. The molecule has 20 heavy (non-hydrogen) atoms. The van der Waals surface area contributed by atoms with Crippen LogP contribution in [0.15, 0.2) is 18.2 Å². The van der Waals surface area contributed by atoms with Crippen LogP contribution in [0.4, 0.5) is 15.8 Å². The van der Waals surface area contributed by atoms with Gasteiger partial charge in [0, 0.05) is 18.7 Å². The number of carbonyl (C=O) groups is 1. The maximum absolute atomic E-state index is 13.0. The van der Waals surface area contributed by atoms with E-state index in [1.807, 2.05) is 12.1 Å². The number of nitrogens with one attached hydrogen (secondary N) is 1. The number of anilines is 2. The first-order valence-electron chi connectivity index (χ1n) is 5.88. The molecule has 1 aromatic carbocycles. The van der Waals surface area contributed by atoms with E-state index < -0.39 is 5.82 Å². The minimum atomic E-state index is -0.544. The number of halogens is 1. The minimum Gasteiger partial charge on any atom is -0.396 e. The van der Waals surface area contributed by atoms with E-state index in [-0.39, 0.29) is 31.1 Å². The lowest BCUT2D eigenvalue weighted by Gasteiger charge is -2.14. The predicted molar refractivity (Wildman–Crippen MR) is 71.7 cm³/mol. The Morgan fingerprint density at radius 1 is 1.35 bits per heavy atom. The average Bonchev–Trinajstić information content (AvgIpc) is 2.41. The molecule has 0 aliphatic rings. The van der Waals surface area contributed by atoms with E-state index in [0.717, 1.165) is 0 Å². The van der Waals surface area contributed by atoms with Gasteiger partial charge in [0.1, 0.15) is 5.82 Å². The maximum Gasteiger partial charge on any atom is 0.225 e. The Labute approximate surface area is 116 Å². The van der Waals surface area contributed by atoms with E-state index in [9.17, 15) is 9.18 Å². The SMILES string of the molecule is N#CCN(CC#N)CCC(=O)Nc1ccc(F)c(N)c1. The summed E-state index contributed by atoms with van der Waals surface area (Å²) in [7, 11) is 0. The molecular weight excluding hydrogens is 261 g/mol.